The van der Waals surface area contributed by atoms with E-state index in [0.717, 1.165) is 16.0 Å². The van der Waals surface area contributed by atoms with Gasteiger partial charge in [-0.1, -0.05) is 66.2 Å². The van der Waals surface area contributed by atoms with Gasteiger partial charge in [0.15, 0.2) is 0 Å². The van der Waals surface area contributed by atoms with Gasteiger partial charge < -0.3 is 16.4 Å². The van der Waals surface area contributed by atoms with E-state index in [9.17, 15) is 9.59 Å². The molecule has 4 aromatic carbocycles. The van der Waals surface area contributed by atoms with Crippen LogP contribution in [0.2, 0.25) is 5.02 Å². The Morgan fingerprint density at radius 1 is 0.892 bits per heavy atom. The lowest BCUT2D eigenvalue weighted by atomic mass is 10.0. The lowest BCUT2D eigenvalue weighted by Gasteiger charge is -2.12. The number of para-hydroxylation sites is 2. The number of thioether (sulfide) groups is 1. The number of hydrogen-bond donors (Lipinski definition) is 3. The second-order valence-electron chi connectivity index (χ2n) is 8.23. The predicted octanol–water partition coefficient (Wildman–Crippen LogP) is 6.75. The maximum absolute atomic E-state index is 13.3. The van der Waals surface area contributed by atoms with Crippen molar-refractivity contribution < 1.29 is 9.59 Å². The van der Waals surface area contributed by atoms with Gasteiger partial charge >= 0.3 is 0 Å². The molecule has 0 aliphatic carbocycles. The second kappa shape index (κ2) is 12.3. The van der Waals surface area contributed by atoms with Crippen molar-refractivity contribution in [2.24, 2.45) is 0 Å². The van der Waals surface area contributed by atoms with Gasteiger partial charge in [0.25, 0.3) is 11.8 Å². The third kappa shape index (κ3) is 6.82. The first-order valence-corrected chi connectivity index (χ1v) is 13.2. The van der Waals surface area contributed by atoms with Gasteiger partial charge in [0.05, 0.1) is 11.4 Å². The van der Waals surface area contributed by atoms with Crippen LogP contribution >= 0.6 is 23.4 Å². The van der Waals surface area contributed by atoms with Crippen LogP contribution in [-0.4, -0.2) is 18.1 Å². The molecule has 0 radical (unpaired) electrons. The van der Waals surface area contributed by atoms with E-state index in [2.05, 4.69) is 10.6 Å². The predicted molar refractivity (Wildman–Crippen MR) is 155 cm³/mol. The monoisotopic (exact) mass is 527 g/mol. The number of amides is 2. The Kier molecular flexibility index (Phi) is 8.67. The SMILES string of the molecule is CSc1ccc(C=C(C(=O)NCc2ccc(C(=O)Nc3ccccc3N)cc2)c2ccccc2Cl)cc1. The summed E-state index contributed by atoms with van der Waals surface area (Å²) in [7, 11) is 0. The van der Waals surface area contributed by atoms with Crippen LogP contribution in [0.4, 0.5) is 11.4 Å². The molecule has 0 saturated carbocycles. The van der Waals surface area contributed by atoms with Crippen LogP contribution in [0.3, 0.4) is 0 Å². The largest absolute Gasteiger partial charge is 0.397 e. The first-order valence-electron chi connectivity index (χ1n) is 11.6. The number of anilines is 2. The molecule has 2 amide bonds. The normalized spacial score (nSPS) is 11.1. The fourth-order valence-corrected chi connectivity index (χ4v) is 4.31. The molecule has 0 fully saturated rings. The highest BCUT2D eigenvalue weighted by Crippen LogP contribution is 2.27. The van der Waals surface area contributed by atoms with Crippen molar-refractivity contribution in [1.82, 2.24) is 5.32 Å². The fraction of sp³-hybridized carbons (Fsp3) is 0.0667. The summed E-state index contributed by atoms with van der Waals surface area (Å²) in [5, 5.41) is 6.29. The molecule has 0 spiro atoms. The number of carbonyl (C=O) groups is 2. The summed E-state index contributed by atoms with van der Waals surface area (Å²) >= 11 is 8.10. The van der Waals surface area contributed by atoms with E-state index in [4.69, 9.17) is 17.3 Å². The zero-order valence-electron chi connectivity index (χ0n) is 20.2. The topological polar surface area (TPSA) is 84.2 Å². The number of benzene rings is 4. The minimum absolute atomic E-state index is 0.247. The Labute approximate surface area is 225 Å². The third-order valence-electron chi connectivity index (χ3n) is 5.71. The van der Waals surface area contributed by atoms with Gasteiger partial charge in [-0.25, -0.2) is 0 Å². The number of carbonyl (C=O) groups excluding carboxylic acids is 2. The van der Waals surface area contributed by atoms with Crippen LogP contribution in [0.15, 0.2) is 102 Å². The molecule has 0 bridgehead atoms. The summed E-state index contributed by atoms with van der Waals surface area (Å²) in [5.41, 5.74) is 10.3. The lowest BCUT2D eigenvalue weighted by molar-refractivity contribution is -0.115. The smallest absolute Gasteiger partial charge is 0.255 e. The molecule has 4 rings (SSSR count). The van der Waals surface area contributed by atoms with Gasteiger partial charge in [-0.15, -0.1) is 11.8 Å². The molecule has 186 valence electrons. The van der Waals surface area contributed by atoms with Gasteiger partial charge in [0.2, 0.25) is 0 Å². The highest BCUT2D eigenvalue weighted by molar-refractivity contribution is 7.98. The summed E-state index contributed by atoms with van der Waals surface area (Å²) in [6.45, 7) is 0.291. The Morgan fingerprint density at radius 2 is 1.57 bits per heavy atom. The molecule has 0 aliphatic heterocycles. The van der Waals surface area contributed by atoms with Crippen molar-refractivity contribution in [3.05, 3.63) is 124 Å². The first-order chi connectivity index (χ1) is 17.9. The van der Waals surface area contributed by atoms with E-state index >= 15 is 0 Å². The molecule has 0 unspecified atom stereocenters. The molecule has 7 heteroatoms. The highest BCUT2D eigenvalue weighted by atomic mass is 35.5. The van der Waals surface area contributed by atoms with Crippen LogP contribution in [0, 0.1) is 0 Å². The van der Waals surface area contributed by atoms with Crippen molar-refractivity contribution in [2.45, 2.75) is 11.4 Å². The summed E-state index contributed by atoms with van der Waals surface area (Å²) < 4.78 is 0. The Balaban J connectivity index is 1.47. The van der Waals surface area contributed by atoms with Gasteiger partial charge in [-0.05, 0) is 65.9 Å². The van der Waals surface area contributed by atoms with E-state index in [1.54, 1.807) is 42.1 Å². The van der Waals surface area contributed by atoms with E-state index in [-0.39, 0.29) is 11.8 Å². The summed E-state index contributed by atoms with van der Waals surface area (Å²) in [6.07, 6.45) is 3.86. The summed E-state index contributed by atoms with van der Waals surface area (Å²) in [6, 6.07) is 29.4. The number of nitrogens with two attached hydrogens (primary N) is 1. The van der Waals surface area contributed by atoms with Gasteiger partial charge in [-0.3, -0.25) is 9.59 Å². The third-order valence-corrected chi connectivity index (χ3v) is 6.79. The molecular formula is C30H26ClN3O2S. The zero-order chi connectivity index (χ0) is 26.2. The van der Waals surface area contributed by atoms with Crippen molar-refractivity contribution in [2.75, 3.05) is 17.3 Å². The van der Waals surface area contributed by atoms with Crippen molar-refractivity contribution in [1.29, 1.82) is 0 Å². The number of nitrogens with one attached hydrogen (secondary N) is 2. The summed E-state index contributed by atoms with van der Waals surface area (Å²) in [5.74, 6) is -0.506. The molecular weight excluding hydrogens is 502 g/mol. The van der Waals surface area contributed by atoms with Crippen molar-refractivity contribution in [3.8, 4) is 0 Å². The minimum Gasteiger partial charge on any atom is -0.397 e. The molecule has 0 heterocycles. The molecule has 0 aromatic heterocycles. The Morgan fingerprint density at radius 3 is 2.24 bits per heavy atom. The van der Waals surface area contributed by atoms with Gasteiger partial charge in [-0.2, -0.15) is 0 Å². The van der Waals surface area contributed by atoms with E-state index < -0.39 is 0 Å². The van der Waals surface area contributed by atoms with Crippen molar-refractivity contribution >= 4 is 58.2 Å². The Bertz CT molecular complexity index is 1430. The van der Waals surface area contributed by atoms with Crippen LogP contribution in [0.25, 0.3) is 11.6 Å². The standard InChI is InChI=1S/C30H26ClN3O2S/c1-37-23-16-12-20(13-17-23)18-25(24-6-2-3-7-26(24)31)30(36)33-19-21-10-14-22(15-11-21)29(35)34-28-9-5-4-8-27(28)32/h2-18H,19,32H2,1H3,(H,33,36)(H,34,35). The van der Waals surface area contributed by atoms with Crippen molar-refractivity contribution in [3.63, 3.8) is 0 Å². The molecule has 0 atom stereocenters. The van der Waals surface area contributed by atoms with E-state index in [1.807, 2.05) is 79.1 Å². The quantitative estimate of drug-likeness (QED) is 0.102. The number of hydrogen-bond acceptors (Lipinski definition) is 4. The number of halogens is 1. The maximum Gasteiger partial charge on any atom is 0.255 e. The molecule has 37 heavy (non-hydrogen) atoms. The lowest BCUT2D eigenvalue weighted by Crippen LogP contribution is -2.24. The maximum atomic E-state index is 13.3. The van der Waals surface area contributed by atoms with E-state index in [1.165, 1.54) is 0 Å². The summed E-state index contributed by atoms with van der Waals surface area (Å²) in [4.78, 5) is 27.0. The molecule has 4 aromatic rings. The minimum atomic E-state index is -0.259. The molecule has 5 nitrogen and oxygen atoms in total. The fourth-order valence-electron chi connectivity index (χ4n) is 3.67. The molecule has 0 aliphatic rings. The van der Waals surface area contributed by atoms with Crippen LogP contribution in [0.5, 0.6) is 0 Å². The second-order valence-corrected chi connectivity index (χ2v) is 9.52. The Hall–Kier alpha value is -4.00. The van der Waals surface area contributed by atoms with Crippen LogP contribution < -0.4 is 16.4 Å². The van der Waals surface area contributed by atoms with Crippen LogP contribution in [0.1, 0.15) is 27.0 Å². The number of nitrogen functional groups attached to an aromatic ring is 1. The molecule has 4 N–H and O–H groups in total. The van der Waals surface area contributed by atoms with Gasteiger partial charge in [0, 0.05) is 33.2 Å². The van der Waals surface area contributed by atoms with Crippen LogP contribution in [-0.2, 0) is 11.3 Å². The first kappa shape index (κ1) is 26.1. The number of rotatable bonds is 8. The molecule has 0 saturated heterocycles. The average Bonchev–Trinajstić information content (AvgIpc) is 2.92. The average molecular weight is 528 g/mol. The van der Waals surface area contributed by atoms with Gasteiger partial charge in [0.1, 0.15) is 0 Å². The zero-order valence-corrected chi connectivity index (χ0v) is 21.8. The highest BCUT2D eigenvalue weighted by Gasteiger charge is 2.15. The van der Waals surface area contributed by atoms with E-state index in [0.29, 0.717) is 39.6 Å².